The van der Waals surface area contributed by atoms with E-state index in [9.17, 15) is 9.59 Å². The van der Waals surface area contributed by atoms with Gasteiger partial charge in [0.05, 0.1) is 12.2 Å². The third-order valence-electron chi connectivity index (χ3n) is 6.63. The first kappa shape index (κ1) is 23.8. The number of hydrogen-bond acceptors (Lipinski definition) is 3. The number of amides is 3. The topological polar surface area (TPSA) is 52.7 Å². The van der Waals surface area contributed by atoms with E-state index in [1.165, 1.54) is 11.8 Å². The molecule has 0 saturated carbocycles. The molecule has 1 saturated heterocycles. The van der Waals surface area contributed by atoms with Gasteiger partial charge in [-0.05, 0) is 69.2 Å². The van der Waals surface area contributed by atoms with E-state index in [0.29, 0.717) is 23.8 Å². The molecule has 3 amide bonds. The van der Waals surface area contributed by atoms with Gasteiger partial charge in [0.2, 0.25) is 0 Å². The highest BCUT2D eigenvalue weighted by molar-refractivity contribution is 8.02. The normalized spacial score (nSPS) is 20.4. The standard InChI is InChI=1S/C28H28ClN3O2S/c1-18-9-12-22(13-10-18)30-26(34)32-17-27(3,4)35-28(32)23-15-21(29)11-14-24(23)31(25(28)33)16-20-8-6-5-7-19(20)2/h5-15H,16-17H2,1-4H3,(H,30,34)/t28-/m1/s1. The summed E-state index contributed by atoms with van der Waals surface area (Å²) in [7, 11) is 0. The number of aryl methyl sites for hydroxylation is 2. The minimum absolute atomic E-state index is 0.118. The SMILES string of the molecule is Cc1ccc(NC(=O)N2CC(C)(C)S[C@]23C(=O)N(Cc2ccccc2C)c2ccc(Cl)cc23)cc1. The predicted octanol–water partition coefficient (Wildman–Crippen LogP) is 6.72. The van der Waals surface area contributed by atoms with Crippen molar-refractivity contribution in [2.45, 2.75) is 43.9 Å². The molecule has 1 N–H and O–H groups in total. The van der Waals surface area contributed by atoms with E-state index in [2.05, 4.69) is 19.2 Å². The van der Waals surface area contributed by atoms with Crippen LogP contribution < -0.4 is 10.2 Å². The molecule has 5 rings (SSSR count). The van der Waals surface area contributed by atoms with E-state index in [4.69, 9.17) is 11.6 Å². The third kappa shape index (κ3) is 4.09. The number of carbonyl (C=O) groups excluding carboxylic acids is 2. The second kappa shape index (κ2) is 8.61. The first-order valence-electron chi connectivity index (χ1n) is 11.6. The van der Waals surface area contributed by atoms with Crippen LogP contribution in [0.3, 0.4) is 0 Å². The number of benzene rings is 3. The summed E-state index contributed by atoms with van der Waals surface area (Å²) < 4.78 is -0.335. The smallest absolute Gasteiger partial charge is 0.308 e. The summed E-state index contributed by atoms with van der Waals surface area (Å²) in [6, 6.07) is 20.9. The molecule has 7 heteroatoms. The zero-order chi connectivity index (χ0) is 25.0. The lowest BCUT2D eigenvalue weighted by Crippen LogP contribution is -2.51. The number of halogens is 1. The van der Waals surface area contributed by atoms with Gasteiger partial charge in [0, 0.05) is 27.6 Å². The molecule has 0 radical (unpaired) electrons. The highest BCUT2D eigenvalue weighted by atomic mass is 35.5. The summed E-state index contributed by atoms with van der Waals surface area (Å²) in [6.45, 7) is 9.03. The average molecular weight is 506 g/mol. The number of carbonyl (C=O) groups is 2. The Bertz CT molecular complexity index is 1320. The van der Waals surface area contributed by atoms with Crippen molar-refractivity contribution in [3.63, 3.8) is 0 Å². The molecule has 1 spiro atoms. The molecule has 3 aromatic carbocycles. The fourth-order valence-electron chi connectivity index (χ4n) is 4.92. The van der Waals surface area contributed by atoms with Crippen molar-refractivity contribution in [1.82, 2.24) is 4.90 Å². The third-order valence-corrected chi connectivity index (χ3v) is 8.46. The molecular weight excluding hydrogens is 478 g/mol. The van der Waals surface area contributed by atoms with Crippen LogP contribution in [0.4, 0.5) is 16.2 Å². The van der Waals surface area contributed by atoms with Gasteiger partial charge in [-0.3, -0.25) is 9.69 Å². The Morgan fingerprint density at radius 3 is 2.49 bits per heavy atom. The van der Waals surface area contributed by atoms with Gasteiger partial charge in [0.15, 0.2) is 4.87 Å². The minimum atomic E-state index is -1.19. The summed E-state index contributed by atoms with van der Waals surface area (Å²) >= 11 is 7.97. The van der Waals surface area contributed by atoms with Crippen LogP contribution in [0.5, 0.6) is 0 Å². The molecule has 3 aromatic rings. The van der Waals surface area contributed by atoms with Crippen molar-refractivity contribution >= 4 is 46.7 Å². The van der Waals surface area contributed by atoms with Crippen LogP contribution in [-0.4, -0.2) is 28.1 Å². The second-order valence-corrected chi connectivity index (χ2v) is 12.2. The van der Waals surface area contributed by atoms with Gasteiger partial charge in [-0.15, -0.1) is 11.8 Å². The van der Waals surface area contributed by atoms with Gasteiger partial charge < -0.3 is 10.2 Å². The largest absolute Gasteiger partial charge is 0.323 e. The number of urea groups is 1. The zero-order valence-electron chi connectivity index (χ0n) is 20.3. The number of nitrogens with zero attached hydrogens (tertiary/aromatic N) is 2. The molecule has 0 bridgehead atoms. The number of fused-ring (bicyclic) bond motifs is 2. The lowest BCUT2D eigenvalue weighted by atomic mass is 10.0. The Kier molecular flexibility index (Phi) is 5.85. The molecule has 35 heavy (non-hydrogen) atoms. The van der Waals surface area contributed by atoms with Crippen molar-refractivity contribution < 1.29 is 9.59 Å². The Morgan fingerprint density at radius 1 is 1.06 bits per heavy atom. The lowest BCUT2D eigenvalue weighted by Gasteiger charge is -2.33. The summed E-state index contributed by atoms with van der Waals surface area (Å²) in [4.78, 5) is 30.4. The molecule has 5 nitrogen and oxygen atoms in total. The van der Waals surface area contributed by atoms with E-state index < -0.39 is 4.87 Å². The molecule has 2 aliphatic heterocycles. The molecule has 180 valence electrons. The summed E-state index contributed by atoms with van der Waals surface area (Å²) in [5.41, 5.74) is 5.54. The lowest BCUT2D eigenvalue weighted by molar-refractivity contribution is -0.123. The Labute approximate surface area is 215 Å². The summed E-state index contributed by atoms with van der Waals surface area (Å²) in [5.74, 6) is -0.118. The molecule has 2 heterocycles. The number of anilines is 2. The van der Waals surface area contributed by atoms with E-state index >= 15 is 0 Å². The van der Waals surface area contributed by atoms with E-state index in [1.54, 1.807) is 15.9 Å². The number of rotatable bonds is 3. The van der Waals surface area contributed by atoms with Gasteiger partial charge >= 0.3 is 6.03 Å². The molecule has 2 aliphatic rings. The minimum Gasteiger partial charge on any atom is -0.308 e. The van der Waals surface area contributed by atoms with Crippen molar-refractivity contribution in [3.8, 4) is 0 Å². The van der Waals surface area contributed by atoms with Crippen LogP contribution in [0.15, 0.2) is 66.7 Å². The van der Waals surface area contributed by atoms with Crippen LogP contribution in [0.1, 0.15) is 36.1 Å². The van der Waals surface area contributed by atoms with Crippen LogP contribution in [0, 0.1) is 13.8 Å². The highest BCUT2D eigenvalue weighted by Gasteiger charge is 2.63. The maximum atomic E-state index is 14.4. The van der Waals surface area contributed by atoms with Crippen LogP contribution >= 0.6 is 23.4 Å². The fourth-order valence-corrected chi connectivity index (χ4v) is 6.81. The van der Waals surface area contributed by atoms with Crippen molar-refractivity contribution in [3.05, 3.63) is 94.0 Å². The molecule has 0 unspecified atom stereocenters. The quantitative estimate of drug-likeness (QED) is 0.430. The highest BCUT2D eigenvalue weighted by Crippen LogP contribution is 2.60. The van der Waals surface area contributed by atoms with Crippen LogP contribution in [0.2, 0.25) is 5.02 Å². The maximum Gasteiger partial charge on any atom is 0.323 e. The maximum absolute atomic E-state index is 14.4. The van der Waals surface area contributed by atoms with Crippen molar-refractivity contribution in [2.24, 2.45) is 0 Å². The molecule has 0 aromatic heterocycles. The zero-order valence-corrected chi connectivity index (χ0v) is 21.8. The molecule has 1 atom stereocenters. The first-order chi connectivity index (χ1) is 16.6. The van der Waals surface area contributed by atoms with Crippen molar-refractivity contribution in [2.75, 3.05) is 16.8 Å². The van der Waals surface area contributed by atoms with Crippen LogP contribution in [0.25, 0.3) is 0 Å². The Morgan fingerprint density at radius 2 is 1.77 bits per heavy atom. The fraction of sp³-hybridized carbons (Fsp3) is 0.286. The summed E-state index contributed by atoms with van der Waals surface area (Å²) in [5, 5.41) is 3.55. The Balaban J connectivity index is 1.59. The average Bonchev–Trinajstić information content (AvgIpc) is 3.23. The predicted molar refractivity (Wildman–Crippen MR) is 144 cm³/mol. The monoisotopic (exact) mass is 505 g/mol. The molecule has 1 fully saturated rings. The van der Waals surface area contributed by atoms with Gasteiger partial charge in [-0.1, -0.05) is 53.6 Å². The van der Waals surface area contributed by atoms with Gasteiger partial charge in [-0.2, -0.15) is 0 Å². The number of thioether (sulfide) groups is 1. The summed E-state index contributed by atoms with van der Waals surface area (Å²) in [6.07, 6.45) is 0. The van der Waals surface area contributed by atoms with Gasteiger partial charge in [-0.25, -0.2) is 4.79 Å². The molecular formula is C28H28ClN3O2S. The van der Waals surface area contributed by atoms with Crippen molar-refractivity contribution in [1.29, 1.82) is 0 Å². The first-order valence-corrected chi connectivity index (χ1v) is 12.8. The second-order valence-electron chi connectivity index (χ2n) is 9.87. The Hall–Kier alpha value is -2.96. The van der Waals surface area contributed by atoms with E-state index in [-0.39, 0.29) is 16.7 Å². The van der Waals surface area contributed by atoms with Gasteiger partial charge in [0.1, 0.15) is 0 Å². The van der Waals surface area contributed by atoms with Crippen LogP contribution in [-0.2, 0) is 16.2 Å². The van der Waals surface area contributed by atoms with E-state index in [0.717, 1.165) is 27.9 Å². The molecule has 0 aliphatic carbocycles. The number of nitrogens with one attached hydrogen (secondary N) is 1. The van der Waals surface area contributed by atoms with Gasteiger partial charge in [0.25, 0.3) is 5.91 Å². The number of hydrogen-bond donors (Lipinski definition) is 1. The van der Waals surface area contributed by atoms with E-state index in [1.807, 2.05) is 74.5 Å².